The number of carbonyl (C=O) groups excluding carboxylic acids is 1. The molecule has 2 amide bonds. The Morgan fingerprint density at radius 1 is 1.39 bits per heavy atom. The van der Waals surface area contributed by atoms with Gasteiger partial charge >= 0.3 is 6.03 Å². The summed E-state index contributed by atoms with van der Waals surface area (Å²) < 4.78 is 0. The van der Waals surface area contributed by atoms with Gasteiger partial charge in [0.1, 0.15) is 11.4 Å². The Hall–Kier alpha value is -1.50. The number of hydrogen-bond donors (Lipinski definition) is 1. The Balaban J connectivity index is 2.56. The number of nitrogens with zero attached hydrogens (tertiary/aromatic N) is 2. The van der Waals surface area contributed by atoms with Crippen LogP contribution in [0.15, 0.2) is 4.99 Å². The van der Waals surface area contributed by atoms with Gasteiger partial charge in [-0.05, 0) is 13.3 Å². The number of amidine groups is 1. The largest absolute Gasteiger partial charge is 0.385 e. The third kappa shape index (κ3) is 3.04. The summed E-state index contributed by atoms with van der Waals surface area (Å²) in [7, 11) is 0. The summed E-state index contributed by atoms with van der Waals surface area (Å²) in [5.41, 5.74) is 5.39. The van der Waals surface area contributed by atoms with E-state index in [0.717, 1.165) is 19.3 Å². The number of amides is 2. The van der Waals surface area contributed by atoms with Crippen LogP contribution in [0.3, 0.4) is 0 Å². The van der Waals surface area contributed by atoms with E-state index >= 15 is 0 Å². The van der Waals surface area contributed by atoms with Crippen molar-refractivity contribution in [3.63, 3.8) is 0 Å². The van der Waals surface area contributed by atoms with Gasteiger partial charge in [0.15, 0.2) is 0 Å². The predicted octanol–water partition coefficient (Wildman–Crippen LogP) is 2.53. The number of urea groups is 1. The van der Waals surface area contributed by atoms with E-state index in [-0.39, 0.29) is 12.6 Å². The number of terminal acetylenes is 1. The molecule has 100 valence electrons. The van der Waals surface area contributed by atoms with Crippen LogP contribution in [0.2, 0.25) is 0 Å². The van der Waals surface area contributed by atoms with E-state index in [2.05, 4.69) is 17.8 Å². The molecule has 0 saturated carbocycles. The summed E-state index contributed by atoms with van der Waals surface area (Å²) in [6.07, 6.45) is 12.0. The van der Waals surface area contributed by atoms with Crippen molar-refractivity contribution in [3.05, 3.63) is 0 Å². The van der Waals surface area contributed by atoms with E-state index in [9.17, 15) is 4.79 Å². The zero-order chi connectivity index (χ0) is 13.6. The van der Waals surface area contributed by atoms with Crippen LogP contribution in [0.25, 0.3) is 0 Å². The molecule has 0 aliphatic carbocycles. The first kappa shape index (κ1) is 14.6. The topological polar surface area (TPSA) is 58.7 Å². The van der Waals surface area contributed by atoms with Gasteiger partial charge in [0, 0.05) is 0 Å². The second-order valence-corrected chi connectivity index (χ2v) is 5.01. The van der Waals surface area contributed by atoms with Crippen LogP contribution >= 0.6 is 0 Å². The minimum absolute atomic E-state index is 0.272. The highest BCUT2D eigenvalue weighted by molar-refractivity contribution is 6.05. The van der Waals surface area contributed by atoms with Gasteiger partial charge in [0.2, 0.25) is 0 Å². The third-order valence-electron chi connectivity index (χ3n) is 3.61. The van der Waals surface area contributed by atoms with Crippen molar-refractivity contribution in [2.45, 2.75) is 57.9 Å². The molecule has 1 aliphatic heterocycles. The van der Waals surface area contributed by atoms with E-state index < -0.39 is 5.54 Å². The van der Waals surface area contributed by atoms with Crippen LogP contribution < -0.4 is 5.73 Å². The van der Waals surface area contributed by atoms with E-state index in [1.807, 2.05) is 6.92 Å². The fourth-order valence-electron chi connectivity index (χ4n) is 2.30. The van der Waals surface area contributed by atoms with Gasteiger partial charge in [-0.25, -0.2) is 4.79 Å². The predicted molar refractivity (Wildman–Crippen MR) is 74.3 cm³/mol. The zero-order valence-electron chi connectivity index (χ0n) is 11.4. The molecule has 1 unspecified atom stereocenters. The lowest BCUT2D eigenvalue weighted by Crippen LogP contribution is -2.51. The standard InChI is InChI=1S/C14H23N3O/c1-4-6-7-8-9-10-14(3)12(15)16-13(18)17(14)11-5-2/h2H,4,6-11H2,1,3H3,(H2,15,16,18). The molecule has 0 aromatic heterocycles. The molecule has 1 atom stereocenters. The minimum atomic E-state index is -0.490. The molecule has 1 aliphatic rings. The van der Waals surface area contributed by atoms with Crippen LogP contribution in [-0.2, 0) is 0 Å². The summed E-state index contributed by atoms with van der Waals surface area (Å²) in [6, 6.07) is -0.304. The van der Waals surface area contributed by atoms with Crippen molar-refractivity contribution in [3.8, 4) is 12.3 Å². The highest BCUT2D eigenvalue weighted by Crippen LogP contribution is 2.28. The average molecular weight is 249 g/mol. The van der Waals surface area contributed by atoms with Crippen molar-refractivity contribution in [1.29, 1.82) is 0 Å². The van der Waals surface area contributed by atoms with Gasteiger partial charge in [-0.3, -0.25) is 4.90 Å². The number of unbranched alkanes of at least 4 members (excludes halogenated alkanes) is 4. The van der Waals surface area contributed by atoms with Crippen molar-refractivity contribution >= 4 is 11.9 Å². The lowest BCUT2D eigenvalue weighted by Gasteiger charge is -2.33. The fraction of sp³-hybridized carbons (Fsp3) is 0.714. The van der Waals surface area contributed by atoms with Crippen LogP contribution in [-0.4, -0.2) is 28.9 Å². The number of carbonyl (C=O) groups is 1. The molecule has 2 N–H and O–H groups in total. The van der Waals surface area contributed by atoms with Crippen LogP contribution in [0, 0.1) is 12.3 Å². The van der Waals surface area contributed by atoms with Gasteiger partial charge < -0.3 is 5.73 Å². The molecule has 4 nitrogen and oxygen atoms in total. The lowest BCUT2D eigenvalue weighted by atomic mass is 9.92. The van der Waals surface area contributed by atoms with Gasteiger partial charge in [-0.15, -0.1) is 6.42 Å². The maximum absolute atomic E-state index is 11.7. The van der Waals surface area contributed by atoms with Gasteiger partial charge in [-0.2, -0.15) is 4.99 Å². The molecule has 0 spiro atoms. The van der Waals surface area contributed by atoms with E-state index in [4.69, 9.17) is 12.2 Å². The van der Waals surface area contributed by atoms with Crippen molar-refractivity contribution < 1.29 is 4.79 Å². The van der Waals surface area contributed by atoms with Gasteiger partial charge in [0.25, 0.3) is 0 Å². The molecular weight excluding hydrogens is 226 g/mol. The highest BCUT2D eigenvalue weighted by atomic mass is 16.2. The average Bonchev–Trinajstić information content (AvgIpc) is 2.54. The molecule has 4 heteroatoms. The lowest BCUT2D eigenvalue weighted by molar-refractivity contribution is 0.182. The molecule has 0 saturated heterocycles. The van der Waals surface area contributed by atoms with Crippen LogP contribution in [0.5, 0.6) is 0 Å². The normalized spacial score (nSPS) is 23.1. The molecule has 0 fully saturated rings. The molecular formula is C14H23N3O. The Morgan fingerprint density at radius 3 is 2.67 bits per heavy atom. The number of hydrogen-bond acceptors (Lipinski definition) is 2. The van der Waals surface area contributed by atoms with E-state index in [1.54, 1.807) is 4.90 Å². The first-order valence-corrected chi connectivity index (χ1v) is 6.66. The first-order valence-electron chi connectivity index (χ1n) is 6.66. The van der Waals surface area contributed by atoms with Crippen molar-refractivity contribution in [1.82, 2.24) is 4.90 Å². The quantitative estimate of drug-likeness (QED) is 0.557. The fourth-order valence-corrected chi connectivity index (χ4v) is 2.30. The maximum atomic E-state index is 11.7. The van der Waals surface area contributed by atoms with Crippen molar-refractivity contribution in [2.75, 3.05) is 6.54 Å². The summed E-state index contributed by atoms with van der Waals surface area (Å²) in [4.78, 5) is 17.1. The number of rotatable bonds is 7. The van der Waals surface area contributed by atoms with Crippen LogP contribution in [0.4, 0.5) is 4.79 Å². The van der Waals surface area contributed by atoms with E-state index in [0.29, 0.717) is 5.84 Å². The second kappa shape index (κ2) is 6.44. The summed E-state index contributed by atoms with van der Waals surface area (Å²) in [5.74, 6) is 2.90. The molecule has 1 heterocycles. The number of nitrogens with two attached hydrogens (primary N) is 1. The SMILES string of the molecule is C#CCN1C(=O)N=C(N)C1(C)CCCCCCC. The maximum Gasteiger partial charge on any atom is 0.346 e. The van der Waals surface area contributed by atoms with Crippen LogP contribution in [0.1, 0.15) is 52.4 Å². The summed E-state index contributed by atoms with van der Waals surface area (Å²) in [6.45, 7) is 4.42. The summed E-state index contributed by atoms with van der Waals surface area (Å²) >= 11 is 0. The van der Waals surface area contributed by atoms with Crippen molar-refractivity contribution in [2.24, 2.45) is 10.7 Å². The Bertz CT molecular complexity index is 370. The molecule has 0 bridgehead atoms. The third-order valence-corrected chi connectivity index (χ3v) is 3.61. The molecule has 0 aromatic rings. The van der Waals surface area contributed by atoms with Gasteiger partial charge in [-0.1, -0.05) is 44.9 Å². The first-order chi connectivity index (χ1) is 8.56. The number of aliphatic imine (C=N–C) groups is 1. The zero-order valence-corrected chi connectivity index (χ0v) is 11.4. The van der Waals surface area contributed by atoms with E-state index in [1.165, 1.54) is 19.3 Å². The monoisotopic (exact) mass is 249 g/mol. The Morgan fingerprint density at radius 2 is 2.06 bits per heavy atom. The molecule has 0 radical (unpaired) electrons. The Labute approximate surface area is 110 Å². The molecule has 1 rings (SSSR count). The highest BCUT2D eigenvalue weighted by Gasteiger charge is 2.43. The molecule has 0 aromatic carbocycles. The Kier molecular flexibility index (Phi) is 5.21. The second-order valence-electron chi connectivity index (χ2n) is 5.01. The minimum Gasteiger partial charge on any atom is -0.385 e. The van der Waals surface area contributed by atoms with Gasteiger partial charge in [0.05, 0.1) is 6.54 Å². The molecule has 18 heavy (non-hydrogen) atoms. The summed E-state index contributed by atoms with van der Waals surface area (Å²) in [5, 5.41) is 0. The smallest absolute Gasteiger partial charge is 0.346 e.